The molecule has 1 aromatic carbocycles. The molecule has 0 radical (unpaired) electrons. The molecule has 0 heterocycles. The first-order valence-electron chi connectivity index (χ1n) is 4.93. The monoisotopic (exact) mass is 178 g/mol. The third-order valence-electron chi connectivity index (χ3n) is 2.94. The Kier molecular flexibility index (Phi) is 2.10. The second-order valence-electron chi connectivity index (χ2n) is 4.13. The van der Waals surface area contributed by atoms with Crippen molar-refractivity contribution in [3.8, 4) is 0 Å². The predicted molar refractivity (Wildman–Crippen MR) is 52.3 cm³/mol. The minimum absolute atomic E-state index is 0.0203. The van der Waals surface area contributed by atoms with Gasteiger partial charge in [0.25, 0.3) is 0 Å². The average Bonchev–Trinajstić information content (AvgIpc) is 2.90. The number of aryl methyl sites for hydroxylation is 1. The molecule has 0 N–H and O–H groups in total. The van der Waals surface area contributed by atoms with Crippen molar-refractivity contribution in [2.75, 3.05) is 0 Å². The lowest BCUT2D eigenvalue weighted by Gasteiger charge is -2.07. The van der Waals surface area contributed by atoms with E-state index in [4.69, 9.17) is 0 Å². The van der Waals surface area contributed by atoms with E-state index < -0.39 is 0 Å². The molecule has 0 atom stereocenters. The quantitative estimate of drug-likeness (QED) is 0.651. The molecule has 2 rings (SSSR count). The van der Waals surface area contributed by atoms with Crippen molar-refractivity contribution in [3.05, 3.63) is 34.6 Å². The van der Waals surface area contributed by atoms with Gasteiger partial charge in [-0.1, -0.05) is 12.1 Å². The zero-order valence-electron chi connectivity index (χ0n) is 8.23. The molecular formula is C12H15F. The van der Waals surface area contributed by atoms with Gasteiger partial charge in [0.15, 0.2) is 0 Å². The molecule has 0 bridgehead atoms. The van der Waals surface area contributed by atoms with Gasteiger partial charge in [0, 0.05) is 0 Å². The fraction of sp³-hybridized carbons (Fsp3) is 0.500. The summed E-state index contributed by atoms with van der Waals surface area (Å²) >= 11 is 0. The topological polar surface area (TPSA) is 0 Å². The molecule has 1 aromatic rings. The van der Waals surface area contributed by atoms with Gasteiger partial charge in [-0.15, -0.1) is 0 Å². The highest BCUT2D eigenvalue weighted by Crippen LogP contribution is 2.33. The molecule has 0 amide bonds. The van der Waals surface area contributed by atoms with Gasteiger partial charge in [-0.3, -0.25) is 0 Å². The molecule has 0 aromatic heterocycles. The zero-order valence-corrected chi connectivity index (χ0v) is 8.23. The molecule has 1 heteroatoms. The maximum absolute atomic E-state index is 13.7. The summed E-state index contributed by atoms with van der Waals surface area (Å²) in [7, 11) is 0. The Hall–Kier alpha value is -0.850. The van der Waals surface area contributed by atoms with Gasteiger partial charge in [0.2, 0.25) is 0 Å². The standard InChI is InChI=1S/C12H15F/c1-8-3-6-11(7-10-4-5-10)12(13)9(8)2/h3,6,10H,4-5,7H2,1-2H3. The van der Waals surface area contributed by atoms with Gasteiger partial charge in [0.05, 0.1) is 0 Å². The second-order valence-corrected chi connectivity index (χ2v) is 4.13. The van der Waals surface area contributed by atoms with Crippen LogP contribution in [0.15, 0.2) is 12.1 Å². The molecule has 13 heavy (non-hydrogen) atoms. The molecule has 70 valence electrons. The Balaban J connectivity index is 2.29. The number of benzene rings is 1. The van der Waals surface area contributed by atoms with E-state index in [1.165, 1.54) is 12.8 Å². The van der Waals surface area contributed by atoms with Gasteiger partial charge >= 0.3 is 0 Å². The van der Waals surface area contributed by atoms with Crippen LogP contribution in [0.3, 0.4) is 0 Å². The predicted octanol–water partition coefficient (Wildman–Crippen LogP) is 3.40. The van der Waals surface area contributed by atoms with Gasteiger partial charge in [0.1, 0.15) is 5.82 Å². The van der Waals surface area contributed by atoms with Crippen LogP contribution in [-0.4, -0.2) is 0 Å². The third-order valence-corrected chi connectivity index (χ3v) is 2.94. The van der Waals surface area contributed by atoms with E-state index in [9.17, 15) is 4.39 Å². The molecule has 1 saturated carbocycles. The Bertz CT molecular complexity index is 324. The highest BCUT2D eigenvalue weighted by atomic mass is 19.1. The maximum atomic E-state index is 13.7. The lowest BCUT2D eigenvalue weighted by molar-refractivity contribution is 0.592. The first-order valence-corrected chi connectivity index (χ1v) is 4.93. The second kappa shape index (κ2) is 3.13. The molecule has 0 spiro atoms. The van der Waals surface area contributed by atoms with E-state index in [1.807, 2.05) is 26.0 Å². The van der Waals surface area contributed by atoms with Crippen LogP contribution in [0.1, 0.15) is 29.5 Å². The minimum atomic E-state index is 0.0203. The summed E-state index contributed by atoms with van der Waals surface area (Å²) in [5, 5.41) is 0. The summed E-state index contributed by atoms with van der Waals surface area (Å²) in [6.45, 7) is 3.82. The van der Waals surface area contributed by atoms with E-state index in [-0.39, 0.29) is 5.82 Å². The summed E-state index contributed by atoms with van der Waals surface area (Å²) in [5.41, 5.74) is 2.78. The van der Waals surface area contributed by atoms with E-state index >= 15 is 0 Å². The molecule has 0 nitrogen and oxygen atoms in total. The van der Waals surface area contributed by atoms with Crippen LogP contribution in [0.25, 0.3) is 0 Å². The van der Waals surface area contributed by atoms with E-state index in [0.717, 1.165) is 29.0 Å². The largest absolute Gasteiger partial charge is 0.206 e. The summed E-state index contributed by atoms with van der Waals surface area (Å²) in [5.74, 6) is 0.781. The fourth-order valence-electron chi connectivity index (χ4n) is 1.63. The molecule has 1 fully saturated rings. The van der Waals surface area contributed by atoms with Crippen molar-refractivity contribution in [3.63, 3.8) is 0 Å². The van der Waals surface area contributed by atoms with Crippen molar-refractivity contribution in [1.82, 2.24) is 0 Å². The van der Waals surface area contributed by atoms with Crippen molar-refractivity contribution in [2.24, 2.45) is 5.92 Å². The van der Waals surface area contributed by atoms with Crippen molar-refractivity contribution in [2.45, 2.75) is 33.1 Å². The average molecular weight is 178 g/mol. The number of hydrogen-bond acceptors (Lipinski definition) is 0. The summed E-state index contributed by atoms with van der Waals surface area (Å²) in [6.07, 6.45) is 3.51. The Morgan fingerprint density at radius 1 is 1.31 bits per heavy atom. The van der Waals surface area contributed by atoms with Crippen LogP contribution >= 0.6 is 0 Å². The van der Waals surface area contributed by atoms with Crippen LogP contribution in [-0.2, 0) is 6.42 Å². The van der Waals surface area contributed by atoms with Crippen LogP contribution in [0.5, 0.6) is 0 Å². The van der Waals surface area contributed by atoms with Gasteiger partial charge in [-0.25, -0.2) is 4.39 Å². The first kappa shape index (κ1) is 8.74. The summed E-state index contributed by atoms with van der Waals surface area (Å²) in [6, 6.07) is 3.96. The van der Waals surface area contributed by atoms with Crippen molar-refractivity contribution in [1.29, 1.82) is 0 Å². The van der Waals surface area contributed by atoms with Crippen LogP contribution in [0.2, 0.25) is 0 Å². The van der Waals surface area contributed by atoms with E-state index in [1.54, 1.807) is 0 Å². The lowest BCUT2D eigenvalue weighted by Crippen LogP contribution is -1.96. The molecule has 0 aliphatic heterocycles. The van der Waals surface area contributed by atoms with E-state index in [2.05, 4.69) is 0 Å². The number of rotatable bonds is 2. The number of hydrogen-bond donors (Lipinski definition) is 0. The highest BCUT2D eigenvalue weighted by molar-refractivity contribution is 5.32. The Morgan fingerprint density at radius 2 is 2.00 bits per heavy atom. The first-order chi connectivity index (χ1) is 6.18. The minimum Gasteiger partial charge on any atom is -0.206 e. The maximum Gasteiger partial charge on any atom is 0.129 e. The normalized spacial score (nSPS) is 16.2. The summed E-state index contributed by atoms with van der Waals surface area (Å²) in [4.78, 5) is 0. The van der Waals surface area contributed by atoms with E-state index in [0.29, 0.717) is 0 Å². The Morgan fingerprint density at radius 3 is 2.62 bits per heavy atom. The SMILES string of the molecule is Cc1ccc(CC2CC2)c(F)c1C. The molecule has 0 saturated heterocycles. The zero-order chi connectivity index (χ0) is 9.42. The van der Waals surface area contributed by atoms with Gasteiger partial charge < -0.3 is 0 Å². The molecule has 0 unspecified atom stereocenters. The number of halogens is 1. The lowest BCUT2D eigenvalue weighted by atomic mass is 10.0. The van der Waals surface area contributed by atoms with Crippen molar-refractivity contribution >= 4 is 0 Å². The molecule has 1 aliphatic rings. The summed E-state index contributed by atoms with van der Waals surface area (Å²) < 4.78 is 13.7. The van der Waals surface area contributed by atoms with Crippen LogP contribution in [0.4, 0.5) is 4.39 Å². The van der Waals surface area contributed by atoms with Crippen molar-refractivity contribution < 1.29 is 4.39 Å². The highest BCUT2D eigenvalue weighted by Gasteiger charge is 2.23. The Labute approximate surface area is 78.8 Å². The van der Waals surface area contributed by atoms with Gasteiger partial charge in [-0.2, -0.15) is 0 Å². The van der Waals surface area contributed by atoms with Crippen LogP contribution < -0.4 is 0 Å². The fourth-order valence-corrected chi connectivity index (χ4v) is 1.63. The van der Waals surface area contributed by atoms with Crippen LogP contribution in [0, 0.1) is 25.6 Å². The molecular weight excluding hydrogens is 163 g/mol. The molecule has 1 aliphatic carbocycles. The third kappa shape index (κ3) is 1.74. The smallest absolute Gasteiger partial charge is 0.129 e. The van der Waals surface area contributed by atoms with Gasteiger partial charge in [-0.05, 0) is 55.7 Å².